The molecule has 2 N–H and O–H groups in total. The summed E-state index contributed by atoms with van der Waals surface area (Å²) in [4.78, 5) is 0.513. The van der Waals surface area contributed by atoms with Crippen molar-refractivity contribution in [2.75, 3.05) is 5.73 Å². The van der Waals surface area contributed by atoms with Crippen molar-refractivity contribution in [1.29, 1.82) is 0 Å². The average molecular weight is 298 g/mol. The van der Waals surface area contributed by atoms with E-state index in [1.54, 1.807) is 18.2 Å². The normalized spacial score (nSPS) is 12.4. The van der Waals surface area contributed by atoms with Gasteiger partial charge >= 0.3 is 0 Å². The molecule has 2 nitrogen and oxygen atoms in total. The quantitative estimate of drug-likeness (QED) is 0.878. The highest BCUT2D eigenvalue weighted by Crippen LogP contribution is 2.26. The molecule has 0 aliphatic heterocycles. The highest BCUT2D eigenvalue weighted by Gasteiger charge is 2.14. The van der Waals surface area contributed by atoms with Crippen molar-refractivity contribution >= 4 is 28.1 Å². The van der Waals surface area contributed by atoms with Gasteiger partial charge < -0.3 is 5.73 Å². The molecule has 100 valence electrons. The summed E-state index contributed by atoms with van der Waals surface area (Å²) in [7, 11) is -1.43. The largest absolute Gasteiger partial charge is 0.398 e. The lowest BCUT2D eigenvalue weighted by molar-refractivity contribution is 0.615. The molecule has 0 amide bonds. The summed E-state index contributed by atoms with van der Waals surface area (Å²) in [5, 5.41) is 0.277. The van der Waals surface area contributed by atoms with Gasteiger partial charge in [-0.2, -0.15) is 0 Å². The van der Waals surface area contributed by atoms with Crippen molar-refractivity contribution in [2.45, 2.75) is 17.6 Å². The third-order valence-electron chi connectivity index (χ3n) is 2.87. The molecule has 2 aromatic rings. The summed E-state index contributed by atoms with van der Waals surface area (Å²) >= 11 is 5.93. The fourth-order valence-electron chi connectivity index (χ4n) is 1.73. The molecule has 0 aromatic heterocycles. The minimum absolute atomic E-state index is 0.0131. The molecule has 0 fully saturated rings. The standard InChI is InChI=1S/C14H13ClFNOS/c1-9-4-2-7-13(14(9)17)19(18)8-10-11(15)5-3-6-12(10)16/h2-7H,8,17H2,1H3. The number of hydrogen-bond donors (Lipinski definition) is 1. The van der Waals surface area contributed by atoms with Crippen LogP contribution in [0.2, 0.25) is 5.02 Å². The molecule has 19 heavy (non-hydrogen) atoms. The van der Waals surface area contributed by atoms with Crippen LogP contribution in [0.4, 0.5) is 10.1 Å². The summed E-state index contributed by atoms with van der Waals surface area (Å²) in [5.74, 6) is -0.439. The van der Waals surface area contributed by atoms with E-state index in [0.717, 1.165) is 5.56 Å². The van der Waals surface area contributed by atoms with Gasteiger partial charge in [0.05, 0.1) is 27.1 Å². The topological polar surface area (TPSA) is 43.1 Å². The molecule has 0 saturated heterocycles. The zero-order chi connectivity index (χ0) is 14.0. The van der Waals surface area contributed by atoms with E-state index in [1.807, 2.05) is 13.0 Å². The van der Waals surface area contributed by atoms with Crippen LogP contribution in [0.5, 0.6) is 0 Å². The van der Waals surface area contributed by atoms with Crippen LogP contribution < -0.4 is 5.73 Å². The van der Waals surface area contributed by atoms with Gasteiger partial charge in [-0.15, -0.1) is 0 Å². The van der Waals surface area contributed by atoms with Gasteiger partial charge in [-0.05, 0) is 30.7 Å². The van der Waals surface area contributed by atoms with Gasteiger partial charge in [-0.1, -0.05) is 29.8 Å². The molecule has 0 aliphatic carbocycles. The molecular formula is C14H13ClFNOS. The highest BCUT2D eigenvalue weighted by atomic mass is 35.5. The maximum absolute atomic E-state index is 13.7. The number of benzene rings is 2. The molecule has 2 aromatic carbocycles. The Bertz CT molecular complexity index is 625. The van der Waals surface area contributed by atoms with Crippen LogP contribution in [0.1, 0.15) is 11.1 Å². The average Bonchev–Trinajstić information content (AvgIpc) is 2.37. The van der Waals surface area contributed by atoms with Crippen molar-refractivity contribution in [3.8, 4) is 0 Å². The van der Waals surface area contributed by atoms with Crippen LogP contribution in [0.15, 0.2) is 41.3 Å². The number of anilines is 1. The molecule has 0 bridgehead atoms. The van der Waals surface area contributed by atoms with Gasteiger partial charge in [0.1, 0.15) is 5.82 Å². The van der Waals surface area contributed by atoms with Crippen LogP contribution >= 0.6 is 11.6 Å². The molecule has 1 atom stereocenters. The molecule has 5 heteroatoms. The van der Waals surface area contributed by atoms with Gasteiger partial charge in [0.25, 0.3) is 0 Å². The Morgan fingerprint density at radius 3 is 2.63 bits per heavy atom. The Labute approximate surface area is 118 Å². The van der Waals surface area contributed by atoms with Crippen molar-refractivity contribution in [2.24, 2.45) is 0 Å². The van der Waals surface area contributed by atoms with E-state index in [2.05, 4.69) is 0 Å². The predicted molar refractivity (Wildman–Crippen MR) is 77.1 cm³/mol. The van der Waals surface area contributed by atoms with Crippen LogP contribution in [0.25, 0.3) is 0 Å². The zero-order valence-corrected chi connectivity index (χ0v) is 11.9. The number of nitrogens with two attached hydrogens (primary N) is 1. The molecule has 2 rings (SSSR count). The first-order valence-electron chi connectivity index (χ1n) is 5.67. The van der Waals surface area contributed by atoms with Crippen LogP contribution in [0, 0.1) is 12.7 Å². The summed E-state index contributed by atoms with van der Waals surface area (Å²) in [6.45, 7) is 1.84. The summed E-state index contributed by atoms with van der Waals surface area (Å²) < 4.78 is 26.0. The van der Waals surface area contributed by atoms with Crippen LogP contribution in [-0.2, 0) is 16.6 Å². The van der Waals surface area contributed by atoms with E-state index in [0.29, 0.717) is 10.6 Å². The summed E-state index contributed by atoms with van der Waals surface area (Å²) in [6.07, 6.45) is 0. The maximum Gasteiger partial charge on any atom is 0.128 e. The van der Waals surface area contributed by atoms with Crippen LogP contribution in [-0.4, -0.2) is 4.21 Å². The number of hydrogen-bond acceptors (Lipinski definition) is 2. The monoisotopic (exact) mass is 297 g/mol. The van der Waals surface area contributed by atoms with Gasteiger partial charge in [-0.3, -0.25) is 4.21 Å². The first-order valence-corrected chi connectivity index (χ1v) is 7.36. The lowest BCUT2D eigenvalue weighted by atomic mass is 10.2. The van der Waals surface area contributed by atoms with Crippen molar-refractivity contribution < 1.29 is 8.60 Å². The maximum atomic E-state index is 13.7. The van der Waals surface area contributed by atoms with Crippen LogP contribution in [0.3, 0.4) is 0 Å². The molecule has 0 saturated carbocycles. The van der Waals surface area contributed by atoms with Crippen molar-refractivity contribution in [3.63, 3.8) is 0 Å². The molecule has 0 radical (unpaired) electrons. The van der Waals surface area contributed by atoms with Gasteiger partial charge in [0, 0.05) is 10.6 Å². The third-order valence-corrected chi connectivity index (χ3v) is 4.62. The Hall–Kier alpha value is -1.39. The smallest absolute Gasteiger partial charge is 0.128 e. The molecule has 1 unspecified atom stereocenters. The Kier molecular flexibility index (Phi) is 4.22. The molecular weight excluding hydrogens is 285 g/mol. The number of nitrogen functional groups attached to an aromatic ring is 1. The van der Waals surface area contributed by atoms with E-state index in [1.165, 1.54) is 12.1 Å². The van der Waals surface area contributed by atoms with E-state index in [-0.39, 0.29) is 16.3 Å². The number of halogens is 2. The first kappa shape index (κ1) is 14.0. The van der Waals surface area contributed by atoms with Gasteiger partial charge in [-0.25, -0.2) is 4.39 Å². The lowest BCUT2D eigenvalue weighted by Gasteiger charge is -2.09. The van der Waals surface area contributed by atoms with E-state index in [4.69, 9.17) is 17.3 Å². The van der Waals surface area contributed by atoms with Gasteiger partial charge in [0.2, 0.25) is 0 Å². The zero-order valence-electron chi connectivity index (χ0n) is 10.3. The Morgan fingerprint density at radius 1 is 1.26 bits per heavy atom. The van der Waals surface area contributed by atoms with Gasteiger partial charge in [0.15, 0.2) is 0 Å². The second-order valence-electron chi connectivity index (χ2n) is 4.18. The Morgan fingerprint density at radius 2 is 1.95 bits per heavy atom. The fourth-order valence-corrected chi connectivity index (χ4v) is 3.39. The number of rotatable bonds is 3. The lowest BCUT2D eigenvalue weighted by Crippen LogP contribution is -2.04. The van der Waals surface area contributed by atoms with Crippen molar-refractivity contribution in [1.82, 2.24) is 0 Å². The SMILES string of the molecule is Cc1cccc(S(=O)Cc2c(F)cccc2Cl)c1N. The van der Waals surface area contributed by atoms with E-state index >= 15 is 0 Å². The second kappa shape index (κ2) is 5.72. The second-order valence-corrected chi connectivity index (χ2v) is 6.00. The molecule has 0 spiro atoms. The minimum Gasteiger partial charge on any atom is -0.398 e. The number of para-hydroxylation sites is 1. The summed E-state index contributed by atoms with van der Waals surface area (Å²) in [6, 6.07) is 9.71. The minimum atomic E-state index is -1.43. The highest BCUT2D eigenvalue weighted by molar-refractivity contribution is 7.84. The van der Waals surface area contributed by atoms with E-state index < -0.39 is 16.6 Å². The van der Waals surface area contributed by atoms with E-state index in [9.17, 15) is 8.60 Å². The van der Waals surface area contributed by atoms with Crippen molar-refractivity contribution in [3.05, 3.63) is 58.4 Å². The predicted octanol–water partition coefficient (Wildman–Crippen LogP) is 3.68. The molecule has 0 heterocycles. The number of aryl methyl sites for hydroxylation is 1. The molecule has 0 aliphatic rings. The fraction of sp³-hybridized carbons (Fsp3) is 0.143. The Balaban J connectivity index is 2.34. The summed E-state index contributed by atoms with van der Waals surface area (Å²) in [5.41, 5.74) is 7.48. The third kappa shape index (κ3) is 2.96. The first-order chi connectivity index (χ1) is 9.00.